The van der Waals surface area contributed by atoms with E-state index in [0.29, 0.717) is 52.4 Å². The summed E-state index contributed by atoms with van der Waals surface area (Å²) in [6, 6.07) is 9.93. The highest BCUT2D eigenvalue weighted by Crippen LogP contribution is 2.46. The summed E-state index contributed by atoms with van der Waals surface area (Å²) in [5.74, 6) is 1.72. The van der Waals surface area contributed by atoms with Crippen molar-refractivity contribution in [3.05, 3.63) is 77.4 Å². The molecule has 0 aliphatic heterocycles. The summed E-state index contributed by atoms with van der Waals surface area (Å²) in [5, 5.41) is 32.8. The standard InChI is InChI=1S/C32H38O9/c1-18(9-20-12-22(36-3)15-27(39-6)30(20)33)10-25(26-14-24(38-5)17-29(41-8)32(26)35)19(2)11-21-13-23(37-4)16-28(40-7)31(21)34/h12-17,25,33-35H,1-2,9-11H2,3-8H3. The molecule has 0 fully saturated rings. The molecule has 0 aliphatic rings. The maximum atomic E-state index is 11.2. The predicted molar refractivity (Wildman–Crippen MR) is 157 cm³/mol. The lowest BCUT2D eigenvalue weighted by Crippen LogP contribution is -2.09. The van der Waals surface area contributed by atoms with Crippen LogP contribution in [0.3, 0.4) is 0 Å². The number of methoxy groups -OCH3 is 6. The van der Waals surface area contributed by atoms with Crippen LogP contribution in [0.25, 0.3) is 0 Å². The molecule has 3 aromatic rings. The van der Waals surface area contributed by atoms with Gasteiger partial charge in [0, 0.05) is 40.8 Å². The van der Waals surface area contributed by atoms with Gasteiger partial charge in [-0.3, -0.25) is 0 Å². The summed E-state index contributed by atoms with van der Waals surface area (Å²) >= 11 is 0. The number of phenolic OH excluding ortho intramolecular Hbond substituents is 3. The van der Waals surface area contributed by atoms with Crippen molar-refractivity contribution in [2.24, 2.45) is 0 Å². The van der Waals surface area contributed by atoms with Crippen LogP contribution in [0.1, 0.15) is 29.0 Å². The van der Waals surface area contributed by atoms with Gasteiger partial charge in [-0.15, -0.1) is 0 Å². The molecule has 3 aromatic carbocycles. The molecule has 0 aromatic heterocycles. The molecule has 41 heavy (non-hydrogen) atoms. The van der Waals surface area contributed by atoms with Gasteiger partial charge in [0.15, 0.2) is 34.5 Å². The van der Waals surface area contributed by atoms with Crippen molar-refractivity contribution in [1.29, 1.82) is 0 Å². The molecule has 1 unspecified atom stereocenters. The smallest absolute Gasteiger partial charge is 0.164 e. The van der Waals surface area contributed by atoms with Crippen LogP contribution in [0.5, 0.6) is 51.7 Å². The van der Waals surface area contributed by atoms with Gasteiger partial charge >= 0.3 is 0 Å². The van der Waals surface area contributed by atoms with Crippen LogP contribution in [-0.2, 0) is 12.8 Å². The Hall–Kier alpha value is -4.66. The van der Waals surface area contributed by atoms with Crippen molar-refractivity contribution < 1.29 is 43.7 Å². The van der Waals surface area contributed by atoms with E-state index >= 15 is 0 Å². The number of benzene rings is 3. The molecular formula is C32H38O9. The first-order chi connectivity index (χ1) is 19.6. The minimum atomic E-state index is -0.488. The molecule has 0 spiro atoms. The molecule has 0 aliphatic carbocycles. The summed E-state index contributed by atoms with van der Waals surface area (Å²) in [5.41, 5.74) is 3.00. The molecule has 1 atom stereocenters. The van der Waals surface area contributed by atoms with Gasteiger partial charge in [0.05, 0.1) is 42.7 Å². The summed E-state index contributed by atoms with van der Waals surface area (Å²) in [4.78, 5) is 0. The van der Waals surface area contributed by atoms with E-state index in [1.165, 1.54) is 42.7 Å². The van der Waals surface area contributed by atoms with E-state index in [4.69, 9.17) is 28.4 Å². The molecule has 9 nitrogen and oxygen atoms in total. The third-order valence-corrected chi connectivity index (χ3v) is 6.92. The van der Waals surface area contributed by atoms with Crippen LogP contribution in [0, 0.1) is 0 Å². The van der Waals surface area contributed by atoms with Gasteiger partial charge in [-0.2, -0.15) is 0 Å². The maximum absolute atomic E-state index is 11.2. The minimum absolute atomic E-state index is 0.0101. The Labute approximate surface area is 240 Å². The number of aromatic hydroxyl groups is 3. The number of allylic oxidation sites excluding steroid dienone is 2. The van der Waals surface area contributed by atoms with Gasteiger partial charge in [0.2, 0.25) is 0 Å². The molecule has 0 heterocycles. The lowest BCUT2D eigenvalue weighted by atomic mass is 9.81. The summed E-state index contributed by atoms with van der Waals surface area (Å²) in [7, 11) is 8.98. The number of ether oxygens (including phenoxy) is 6. The third-order valence-electron chi connectivity index (χ3n) is 6.92. The van der Waals surface area contributed by atoms with Gasteiger partial charge in [0.1, 0.15) is 17.2 Å². The van der Waals surface area contributed by atoms with Gasteiger partial charge in [-0.05, 0) is 37.5 Å². The van der Waals surface area contributed by atoms with Crippen molar-refractivity contribution in [3.63, 3.8) is 0 Å². The third kappa shape index (κ3) is 6.92. The largest absolute Gasteiger partial charge is 0.504 e. The molecule has 0 saturated carbocycles. The van der Waals surface area contributed by atoms with Gasteiger partial charge in [-0.25, -0.2) is 0 Å². The van der Waals surface area contributed by atoms with E-state index in [9.17, 15) is 15.3 Å². The Bertz CT molecular complexity index is 1410. The molecule has 0 saturated heterocycles. The Kier molecular flexibility index (Phi) is 10.2. The quantitative estimate of drug-likeness (QED) is 0.204. The first-order valence-electron chi connectivity index (χ1n) is 12.8. The first-order valence-corrected chi connectivity index (χ1v) is 12.8. The molecular weight excluding hydrogens is 528 g/mol. The number of hydrogen-bond acceptors (Lipinski definition) is 9. The van der Waals surface area contributed by atoms with Crippen molar-refractivity contribution >= 4 is 0 Å². The van der Waals surface area contributed by atoms with Crippen LogP contribution >= 0.6 is 0 Å². The van der Waals surface area contributed by atoms with Crippen LogP contribution in [0.15, 0.2) is 60.7 Å². The van der Waals surface area contributed by atoms with Gasteiger partial charge in [-0.1, -0.05) is 24.3 Å². The maximum Gasteiger partial charge on any atom is 0.164 e. The summed E-state index contributed by atoms with van der Waals surface area (Å²) < 4.78 is 32.3. The predicted octanol–water partition coefficient (Wildman–Crippen LogP) is 5.93. The minimum Gasteiger partial charge on any atom is -0.504 e. The van der Waals surface area contributed by atoms with E-state index in [-0.39, 0.29) is 40.9 Å². The molecule has 0 radical (unpaired) electrons. The lowest BCUT2D eigenvalue weighted by molar-refractivity contribution is 0.359. The van der Waals surface area contributed by atoms with Gasteiger partial charge < -0.3 is 43.7 Å². The zero-order valence-corrected chi connectivity index (χ0v) is 24.4. The SMILES string of the molecule is C=C(Cc1cc(OC)cc(OC)c1O)CC(C(=C)Cc1cc(OC)cc(OC)c1O)c1cc(OC)cc(OC)c1O. The topological polar surface area (TPSA) is 116 Å². The number of rotatable bonds is 14. The highest BCUT2D eigenvalue weighted by Gasteiger charge is 2.26. The monoisotopic (exact) mass is 566 g/mol. The highest BCUT2D eigenvalue weighted by atomic mass is 16.5. The second-order valence-corrected chi connectivity index (χ2v) is 9.46. The average Bonchev–Trinajstić information content (AvgIpc) is 2.98. The zero-order chi connectivity index (χ0) is 30.3. The van der Waals surface area contributed by atoms with E-state index in [1.807, 2.05) is 0 Å². The summed E-state index contributed by atoms with van der Waals surface area (Å²) in [6.07, 6.45) is 0.862. The molecule has 0 amide bonds. The van der Waals surface area contributed by atoms with E-state index in [2.05, 4.69) is 13.2 Å². The lowest BCUT2D eigenvalue weighted by Gasteiger charge is -2.25. The Morgan fingerprint density at radius 3 is 1.44 bits per heavy atom. The molecule has 0 bridgehead atoms. The van der Waals surface area contributed by atoms with Crippen molar-refractivity contribution in [2.75, 3.05) is 42.7 Å². The van der Waals surface area contributed by atoms with Crippen LogP contribution in [0.2, 0.25) is 0 Å². The Morgan fingerprint density at radius 2 is 1.00 bits per heavy atom. The molecule has 3 rings (SSSR count). The highest BCUT2D eigenvalue weighted by molar-refractivity contribution is 5.57. The second kappa shape index (κ2) is 13.6. The van der Waals surface area contributed by atoms with Crippen molar-refractivity contribution in [3.8, 4) is 51.7 Å². The Morgan fingerprint density at radius 1 is 0.585 bits per heavy atom. The van der Waals surface area contributed by atoms with Crippen LogP contribution < -0.4 is 28.4 Å². The molecule has 3 N–H and O–H groups in total. The van der Waals surface area contributed by atoms with Crippen LogP contribution in [-0.4, -0.2) is 58.0 Å². The normalized spacial score (nSPS) is 11.4. The van der Waals surface area contributed by atoms with E-state index in [1.54, 1.807) is 36.4 Å². The van der Waals surface area contributed by atoms with Crippen molar-refractivity contribution in [1.82, 2.24) is 0 Å². The Balaban J connectivity index is 2.06. The number of phenols is 3. The molecule has 9 heteroatoms. The fourth-order valence-corrected chi connectivity index (χ4v) is 4.71. The fraction of sp³-hybridized carbons (Fsp3) is 0.312. The second-order valence-electron chi connectivity index (χ2n) is 9.46. The van der Waals surface area contributed by atoms with E-state index in [0.717, 1.165) is 5.57 Å². The van der Waals surface area contributed by atoms with Gasteiger partial charge in [0.25, 0.3) is 0 Å². The molecule has 220 valence electrons. The fourth-order valence-electron chi connectivity index (χ4n) is 4.71. The number of hydrogen-bond donors (Lipinski definition) is 3. The zero-order valence-electron chi connectivity index (χ0n) is 24.4. The van der Waals surface area contributed by atoms with E-state index < -0.39 is 5.92 Å². The van der Waals surface area contributed by atoms with Crippen LogP contribution in [0.4, 0.5) is 0 Å². The first kappa shape index (κ1) is 30.9. The van der Waals surface area contributed by atoms with Crippen molar-refractivity contribution in [2.45, 2.75) is 25.2 Å². The average molecular weight is 567 g/mol. The summed E-state index contributed by atoms with van der Waals surface area (Å²) in [6.45, 7) is 8.62.